The summed E-state index contributed by atoms with van der Waals surface area (Å²) < 4.78 is 0. The molecule has 0 aromatic heterocycles. The number of aryl methyl sites for hydroxylation is 3. The van der Waals surface area contributed by atoms with E-state index in [9.17, 15) is 4.79 Å². The van der Waals surface area contributed by atoms with E-state index in [0.717, 1.165) is 45.3 Å². The molecule has 0 fully saturated rings. The molecule has 0 saturated heterocycles. The van der Waals surface area contributed by atoms with Gasteiger partial charge in [-0.05, 0) is 54.5 Å². The second-order valence-corrected chi connectivity index (χ2v) is 6.68. The van der Waals surface area contributed by atoms with E-state index in [1.807, 2.05) is 0 Å². The van der Waals surface area contributed by atoms with Crippen LogP contribution in [0.3, 0.4) is 0 Å². The molecular weight excluding hydrogens is 296 g/mol. The van der Waals surface area contributed by atoms with E-state index in [0.29, 0.717) is 6.42 Å². The summed E-state index contributed by atoms with van der Waals surface area (Å²) in [5, 5.41) is 0. The Morgan fingerprint density at radius 3 is 2.58 bits per heavy atom. The molecule has 24 heavy (non-hydrogen) atoms. The molecule has 3 heteroatoms. The molecule has 0 radical (unpaired) electrons. The number of hydrogen-bond acceptors (Lipinski definition) is 2. The highest BCUT2D eigenvalue weighted by molar-refractivity contribution is 5.73. The van der Waals surface area contributed by atoms with Crippen molar-refractivity contribution in [3.63, 3.8) is 0 Å². The van der Waals surface area contributed by atoms with Gasteiger partial charge in [0, 0.05) is 19.5 Å². The molecule has 0 saturated carbocycles. The lowest BCUT2D eigenvalue weighted by atomic mass is 9.97. The van der Waals surface area contributed by atoms with E-state index in [4.69, 9.17) is 5.73 Å². The van der Waals surface area contributed by atoms with Crippen molar-refractivity contribution in [2.45, 2.75) is 38.6 Å². The van der Waals surface area contributed by atoms with Gasteiger partial charge in [-0.3, -0.25) is 9.69 Å². The molecule has 1 heterocycles. The van der Waals surface area contributed by atoms with E-state index < -0.39 is 0 Å². The molecule has 0 aliphatic carbocycles. The molecule has 0 bridgehead atoms. The zero-order valence-corrected chi connectivity index (χ0v) is 14.2. The number of hydrogen-bond donors (Lipinski definition) is 1. The minimum atomic E-state index is -0.212. The first-order valence-electron chi connectivity index (χ1n) is 8.86. The van der Waals surface area contributed by atoms with Crippen LogP contribution in [0.4, 0.5) is 0 Å². The van der Waals surface area contributed by atoms with Gasteiger partial charge in [-0.2, -0.15) is 0 Å². The second-order valence-electron chi connectivity index (χ2n) is 6.68. The van der Waals surface area contributed by atoms with Gasteiger partial charge in [-0.25, -0.2) is 0 Å². The Morgan fingerprint density at radius 1 is 1.00 bits per heavy atom. The molecule has 2 aromatic carbocycles. The monoisotopic (exact) mass is 322 g/mol. The topological polar surface area (TPSA) is 46.3 Å². The van der Waals surface area contributed by atoms with Crippen LogP contribution in [0.2, 0.25) is 0 Å². The van der Waals surface area contributed by atoms with Gasteiger partial charge in [0.1, 0.15) is 0 Å². The second kappa shape index (κ2) is 8.11. The standard InChI is InChI=1S/C21H26N2O/c22-21(24)12-14-23-13-4-7-19-11-10-18(15-20(19)16-23)9-8-17-5-2-1-3-6-17/h1-3,5-6,10-11,15H,4,7-9,12-14,16H2,(H2,22,24). The molecule has 2 N–H and O–H groups in total. The maximum absolute atomic E-state index is 11.0. The summed E-state index contributed by atoms with van der Waals surface area (Å²) in [4.78, 5) is 13.4. The van der Waals surface area contributed by atoms with Crippen LogP contribution in [-0.4, -0.2) is 23.9 Å². The molecule has 1 aliphatic rings. The van der Waals surface area contributed by atoms with E-state index >= 15 is 0 Å². The van der Waals surface area contributed by atoms with Crippen molar-refractivity contribution in [1.29, 1.82) is 0 Å². The molecule has 3 rings (SSSR count). The molecule has 0 unspecified atom stereocenters. The largest absolute Gasteiger partial charge is 0.370 e. The fourth-order valence-corrected chi connectivity index (χ4v) is 3.43. The zero-order chi connectivity index (χ0) is 16.8. The van der Waals surface area contributed by atoms with Gasteiger partial charge in [-0.1, -0.05) is 48.5 Å². The van der Waals surface area contributed by atoms with Crippen molar-refractivity contribution >= 4 is 5.91 Å². The van der Waals surface area contributed by atoms with Crippen LogP contribution >= 0.6 is 0 Å². The number of nitrogens with zero attached hydrogens (tertiary/aromatic N) is 1. The van der Waals surface area contributed by atoms with Crippen LogP contribution in [0.25, 0.3) is 0 Å². The van der Waals surface area contributed by atoms with Gasteiger partial charge < -0.3 is 5.73 Å². The third-order valence-electron chi connectivity index (χ3n) is 4.80. The average molecular weight is 322 g/mol. The number of nitrogens with two attached hydrogens (primary N) is 1. The number of benzene rings is 2. The van der Waals surface area contributed by atoms with E-state index in [1.54, 1.807) is 0 Å². The quantitative estimate of drug-likeness (QED) is 0.888. The van der Waals surface area contributed by atoms with Crippen molar-refractivity contribution in [2.75, 3.05) is 13.1 Å². The maximum Gasteiger partial charge on any atom is 0.218 e. The van der Waals surface area contributed by atoms with Crippen LogP contribution in [0, 0.1) is 0 Å². The van der Waals surface area contributed by atoms with Crippen LogP contribution < -0.4 is 5.73 Å². The Morgan fingerprint density at radius 2 is 1.79 bits per heavy atom. The van der Waals surface area contributed by atoms with Crippen molar-refractivity contribution < 1.29 is 4.79 Å². The fraction of sp³-hybridized carbons (Fsp3) is 0.381. The van der Waals surface area contributed by atoms with E-state index in [1.165, 1.54) is 22.3 Å². The first kappa shape index (κ1) is 16.7. The lowest BCUT2D eigenvalue weighted by molar-refractivity contribution is -0.118. The Balaban J connectivity index is 1.66. The predicted molar refractivity (Wildman–Crippen MR) is 97.7 cm³/mol. The van der Waals surface area contributed by atoms with Crippen molar-refractivity contribution in [2.24, 2.45) is 5.73 Å². The van der Waals surface area contributed by atoms with E-state index in [2.05, 4.69) is 53.4 Å². The van der Waals surface area contributed by atoms with Crippen LogP contribution in [0.15, 0.2) is 48.5 Å². The summed E-state index contributed by atoms with van der Waals surface area (Å²) in [6.45, 7) is 2.74. The van der Waals surface area contributed by atoms with Gasteiger partial charge in [0.15, 0.2) is 0 Å². The molecule has 126 valence electrons. The van der Waals surface area contributed by atoms with Gasteiger partial charge in [0.25, 0.3) is 0 Å². The fourth-order valence-electron chi connectivity index (χ4n) is 3.43. The number of fused-ring (bicyclic) bond motifs is 1. The molecule has 3 nitrogen and oxygen atoms in total. The summed E-state index contributed by atoms with van der Waals surface area (Å²) in [7, 11) is 0. The third-order valence-corrected chi connectivity index (χ3v) is 4.80. The number of primary amides is 1. The van der Waals surface area contributed by atoms with Crippen LogP contribution in [0.5, 0.6) is 0 Å². The summed E-state index contributed by atoms with van der Waals surface area (Å²) in [6.07, 6.45) is 4.86. The zero-order valence-electron chi connectivity index (χ0n) is 14.2. The SMILES string of the molecule is NC(=O)CCN1CCCc2ccc(CCc3ccccc3)cc2C1. The van der Waals surface area contributed by atoms with Crippen LogP contribution in [-0.2, 0) is 30.6 Å². The first-order valence-corrected chi connectivity index (χ1v) is 8.86. The average Bonchev–Trinajstić information content (AvgIpc) is 2.80. The number of amides is 1. The Kier molecular flexibility index (Phi) is 5.65. The van der Waals surface area contributed by atoms with Gasteiger partial charge >= 0.3 is 0 Å². The van der Waals surface area contributed by atoms with Crippen LogP contribution in [0.1, 0.15) is 35.1 Å². The highest BCUT2D eigenvalue weighted by atomic mass is 16.1. The Hall–Kier alpha value is -2.13. The van der Waals surface area contributed by atoms with Crippen molar-refractivity contribution in [3.05, 3.63) is 70.8 Å². The van der Waals surface area contributed by atoms with Gasteiger partial charge in [0.05, 0.1) is 0 Å². The number of rotatable bonds is 6. The highest BCUT2D eigenvalue weighted by Gasteiger charge is 2.15. The smallest absolute Gasteiger partial charge is 0.218 e. The molecule has 0 spiro atoms. The van der Waals surface area contributed by atoms with Gasteiger partial charge in [-0.15, -0.1) is 0 Å². The van der Waals surface area contributed by atoms with Gasteiger partial charge in [0.2, 0.25) is 5.91 Å². The number of carbonyl (C=O) groups excluding carboxylic acids is 1. The normalized spacial score (nSPS) is 14.8. The minimum Gasteiger partial charge on any atom is -0.370 e. The third kappa shape index (κ3) is 4.68. The number of carbonyl (C=O) groups is 1. The highest BCUT2D eigenvalue weighted by Crippen LogP contribution is 2.21. The summed E-state index contributed by atoms with van der Waals surface area (Å²) in [6, 6.07) is 17.6. The predicted octanol–water partition coefficient (Wildman–Crippen LogP) is 3.10. The van der Waals surface area contributed by atoms with Crippen molar-refractivity contribution in [1.82, 2.24) is 4.90 Å². The molecule has 2 aromatic rings. The molecule has 0 atom stereocenters. The molecule has 1 amide bonds. The molecular formula is C21H26N2O. The lowest BCUT2D eigenvalue weighted by Gasteiger charge is -2.20. The van der Waals surface area contributed by atoms with E-state index in [-0.39, 0.29) is 5.91 Å². The summed E-state index contributed by atoms with van der Waals surface area (Å²) >= 11 is 0. The first-order chi connectivity index (χ1) is 11.7. The van der Waals surface area contributed by atoms with Crippen molar-refractivity contribution in [3.8, 4) is 0 Å². The Bertz CT molecular complexity index is 681. The lowest BCUT2D eigenvalue weighted by Crippen LogP contribution is -2.28. The summed E-state index contributed by atoms with van der Waals surface area (Å²) in [5.41, 5.74) is 11.0. The Labute approximate surface area is 144 Å². The maximum atomic E-state index is 11.0. The molecule has 1 aliphatic heterocycles. The summed E-state index contributed by atoms with van der Waals surface area (Å²) in [5.74, 6) is -0.212. The minimum absolute atomic E-state index is 0.212.